The van der Waals surface area contributed by atoms with Crippen molar-refractivity contribution in [2.75, 3.05) is 18.5 Å². The molecule has 2 aromatic rings. The highest BCUT2D eigenvalue weighted by atomic mass is 35.5. The summed E-state index contributed by atoms with van der Waals surface area (Å²) in [5.74, 6) is -0.963. The van der Waals surface area contributed by atoms with E-state index >= 15 is 0 Å². The van der Waals surface area contributed by atoms with Crippen LogP contribution in [0.2, 0.25) is 5.02 Å². The lowest BCUT2D eigenvalue weighted by Gasteiger charge is -2.11. The molecule has 0 aliphatic heterocycles. The molecule has 0 aliphatic carbocycles. The van der Waals surface area contributed by atoms with E-state index < -0.39 is 29.1 Å². The van der Waals surface area contributed by atoms with Gasteiger partial charge in [0.2, 0.25) is 0 Å². The monoisotopic (exact) mass is 378 g/mol. The van der Waals surface area contributed by atoms with Crippen molar-refractivity contribution in [2.24, 2.45) is 0 Å². The summed E-state index contributed by atoms with van der Waals surface area (Å²) in [4.78, 5) is 34.1. The van der Waals surface area contributed by atoms with E-state index in [0.717, 1.165) is 6.07 Å². The zero-order chi connectivity index (χ0) is 19.1. The third-order valence-electron chi connectivity index (χ3n) is 3.17. The standard InChI is InChI=1S/C17H15ClN2O6/c1-2-25-15-6-4-3-5-13(15)19-16(21)10-26-17(22)11-7-8-12(18)14(9-11)20(23)24/h3-9H,2,10H2,1H3,(H,19,21). The van der Waals surface area contributed by atoms with Gasteiger partial charge in [0.1, 0.15) is 10.8 Å². The first-order chi connectivity index (χ1) is 12.4. The lowest BCUT2D eigenvalue weighted by atomic mass is 10.2. The number of para-hydroxylation sites is 2. The number of nitrogens with one attached hydrogen (secondary N) is 1. The molecule has 0 spiro atoms. The first-order valence-corrected chi connectivity index (χ1v) is 7.93. The predicted molar refractivity (Wildman–Crippen MR) is 94.6 cm³/mol. The number of rotatable bonds is 7. The smallest absolute Gasteiger partial charge is 0.338 e. The fraction of sp³-hybridized carbons (Fsp3) is 0.176. The molecule has 1 N–H and O–H groups in total. The Bertz CT molecular complexity index is 840. The van der Waals surface area contributed by atoms with E-state index in [0.29, 0.717) is 18.0 Å². The molecular weight excluding hydrogens is 364 g/mol. The molecule has 9 heteroatoms. The fourth-order valence-corrected chi connectivity index (χ4v) is 2.22. The molecule has 2 aromatic carbocycles. The number of nitrogens with zero attached hydrogens (tertiary/aromatic N) is 1. The Morgan fingerprint density at radius 3 is 2.65 bits per heavy atom. The van der Waals surface area contributed by atoms with Gasteiger partial charge in [0, 0.05) is 6.07 Å². The van der Waals surface area contributed by atoms with E-state index in [4.69, 9.17) is 21.1 Å². The highest BCUT2D eigenvalue weighted by Crippen LogP contribution is 2.26. The number of carbonyl (C=O) groups excluding carboxylic acids is 2. The Morgan fingerprint density at radius 2 is 1.96 bits per heavy atom. The van der Waals surface area contributed by atoms with Crippen LogP contribution < -0.4 is 10.1 Å². The maximum absolute atomic E-state index is 12.0. The first-order valence-electron chi connectivity index (χ1n) is 7.55. The third-order valence-corrected chi connectivity index (χ3v) is 3.49. The van der Waals surface area contributed by atoms with Gasteiger partial charge in [-0.2, -0.15) is 0 Å². The topological polar surface area (TPSA) is 108 Å². The average molecular weight is 379 g/mol. The van der Waals surface area contributed by atoms with Crippen LogP contribution in [0.5, 0.6) is 5.75 Å². The van der Waals surface area contributed by atoms with Crippen LogP contribution in [0, 0.1) is 10.1 Å². The Morgan fingerprint density at radius 1 is 1.23 bits per heavy atom. The summed E-state index contributed by atoms with van der Waals surface area (Å²) in [6, 6.07) is 10.3. The van der Waals surface area contributed by atoms with Crippen molar-refractivity contribution < 1.29 is 24.0 Å². The third kappa shape index (κ3) is 4.93. The van der Waals surface area contributed by atoms with Crippen molar-refractivity contribution in [3.8, 4) is 5.75 Å². The van der Waals surface area contributed by atoms with Crippen LogP contribution in [0.4, 0.5) is 11.4 Å². The van der Waals surface area contributed by atoms with Crippen molar-refractivity contribution in [3.05, 3.63) is 63.2 Å². The molecule has 1 amide bonds. The van der Waals surface area contributed by atoms with E-state index in [-0.39, 0.29) is 10.6 Å². The molecule has 0 saturated carbocycles. The first kappa shape index (κ1) is 19.2. The number of carbonyl (C=O) groups is 2. The van der Waals surface area contributed by atoms with Crippen LogP contribution in [0.25, 0.3) is 0 Å². The number of benzene rings is 2. The van der Waals surface area contributed by atoms with E-state index in [1.54, 1.807) is 24.3 Å². The predicted octanol–water partition coefficient (Wildman–Crippen LogP) is 3.44. The molecule has 0 atom stereocenters. The molecule has 0 bridgehead atoms. The number of nitro groups is 1. The highest BCUT2D eigenvalue weighted by Gasteiger charge is 2.18. The number of nitro benzene ring substituents is 1. The van der Waals surface area contributed by atoms with Gasteiger partial charge in [-0.05, 0) is 31.2 Å². The van der Waals surface area contributed by atoms with E-state index in [1.165, 1.54) is 12.1 Å². The molecule has 0 aliphatic rings. The molecule has 0 unspecified atom stereocenters. The second kappa shape index (κ2) is 8.82. The molecule has 136 valence electrons. The number of amides is 1. The lowest BCUT2D eigenvalue weighted by molar-refractivity contribution is -0.384. The Labute approximate surface area is 153 Å². The minimum absolute atomic E-state index is 0.0800. The normalized spacial score (nSPS) is 10.1. The number of anilines is 1. The Hall–Kier alpha value is -3.13. The number of hydrogen-bond acceptors (Lipinski definition) is 6. The molecule has 26 heavy (non-hydrogen) atoms. The number of esters is 1. The second-order valence-electron chi connectivity index (χ2n) is 4.98. The summed E-state index contributed by atoms with van der Waals surface area (Å²) < 4.78 is 10.3. The van der Waals surface area contributed by atoms with Crippen molar-refractivity contribution in [3.63, 3.8) is 0 Å². The minimum atomic E-state index is -0.877. The Balaban J connectivity index is 1.98. The van der Waals surface area contributed by atoms with Gasteiger partial charge >= 0.3 is 5.97 Å². The molecule has 0 fully saturated rings. The van der Waals surface area contributed by atoms with E-state index in [2.05, 4.69) is 5.32 Å². The van der Waals surface area contributed by atoms with Gasteiger partial charge in [-0.25, -0.2) is 4.79 Å². The van der Waals surface area contributed by atoms with Gasteiger partial charge in [0.15, 0.2) is 6.61 Å². The summed E-state index contributed by atoms with van der Waals surface area (Å²) in [5.41, 5.74) is -0.0580. The van der Waals surface area contributed by atoms with Gasteiger partial charge < -0.3 is 14.8 Å². The van der Waals surface area contributed by atoms with E-state index in [9.17, 15) is 19.7 Å². The van der Waals surface area contributed by atoms with Crippen LogP contribution in [0.3, 0.4) is 0 Å². The SMILES string of the molecule is CCOc1ccccc1NC(=O)COC(=O)c1ccc(Cl)c([N+](=O)[O-])c1. The Kier molecular flexibility index (Phi) is 6.51. The van der Waals surface area contributed by atoms with Crippen LogP contribution in [0.15, 0.2) is 42.5 Å². The lowest BCUT2D eigenvalue weighted by Crippen LogP contribution is -2.21. The van der Waals surface area contributed by atoms with Crippen LogP contribution in [-0.4, -0.2) is 30.0 Å². The van der Waals surface area contributed by atoms with E-state index in [1.807, 2.05) is 6.92 Å². The van der Waals surface area contributed by atoms with Gasteiger partial charge in [-0.3, -0.25) is 14.9 Å². The zero-order valence-electron chi connectivity index (χ0n) is 13.7. The largest absolute Gasteiger partial charge is 0.492 e. The molecule has 2 rings (SSSR count). The number of hydrogen-bond donors (Lipinski definition) is 1. The number of halogens is 1. The summed E-state index contributed by atoms with van der Waals surface area (Å²) in [7, 11) is 0. The molecular formula is C17H15ClN2O6. The van der Waals surface area contributed by atoms with Crippen LogP contribution in [-0.2, 0) is 9.53 Å². The highest BCUT2D eigenvalue weighted by molar-refractivity contribution is 6.32. The molecule has 0 aromatic heterocycles. The van der Waals surface area contributed by atoms with Crippen molar-refractivity contribution in [1.29, 1.82) is 0 Å². The molecule has 8 nitrogen and oxygen atoms in total. The maximum Gasteiger partial charge on any atom is 0.338 e. The molecule has 0 saturated heterocycles. The quantitative estimate of drug-likeness (QED) is 0.449. The van der Waals surface area contributed by atoms with Gasteiger partial charge in [-0.1, -0.05) is 23.7 Å². The van der Waals surface area contributed by atoms with Crippen molar-refractivity contribution in [2.45, 2.75) is 6.92 Å². The summed E-state index contributed by atoms with van der Waals surface area (Å²) in [6.45, 7) is 1.68. The summed E-state index contributed by atoms with van der Waals surface area (Å²) in [6.07, 6.45) is 0. The fourth-order valence-electron chi connectivity index (χ4n) is 2.03. The maximum atomic E-state index is 12.0. The molecule has 0 radical (unpaired) electrons. The van der Waals surface area contributed by atoms with Gasteiger partial charge in [0.05, 0.1) is 22.8 Å². The summed E-state index contributed by atoms with van der Waals surface area (Å²) in [5, 5.41) is 13.3. The van der Waals surface area contributed by atoms with Crippen molar-refractivity contribution >= 4 is 34.9 Å². The van der Waals surface area contributed by atoms with Crippen LogP contribution in [0.1, 0.15) is 17.3 Å². The van der Waals surface area contributed by atoms with Gasteiger partial charge in [-0.15, -0.1) is 0 Å². The number of ether oxygens (including phenoxy) is 2. The second-order valence-corrected chi connectivity index (χ2v) is 5.38. The zero-order valence-corrected chi connectivity index (χ0v) is 14.5. The molecule has 0 heterocycles. The van der Waals surface area contributed by atoms with Gasteiger partial charge in [0.25, 0.3) is 11.6 Å². The average Bonchev–Trinajstić information content (AvgIpc) is 2.61. The van der Waals surface area contributed by atoms with Crippen LogP contribution >= 0.6 is 11.6 Å². The summed E-state index contributed by atoms with van der Waals surface area (Å²) >= 11 is 5.68. The minimum Gasteiger partial charge on any atom is -0.492 e. The van der Waals surface area contributed by atoms with Crippen molar-refractivity contribution in [1.82, 2.24) is 0 Å².